The predicted molar refractivity (Wildman–Crippen MR) is 103 cm³/mol. The van der Waals surface area contributed by atoms with Crippen LogP contribution in [0.1, 0.15) is 24.0 Å². The quantitative estimate of drug-likeness (QED) is 0.748. The smallest absolute Gasteiger partial charge is 0.278 e. The van der Waals surface area contributed by atoms with Crippen LogP contribution in [0.25, 0.3) is 5.57 Å². The molecule has 2 heterocycles. The molecule has 0 radical (unpaired) electrons. The molecule has 2 aromatic carbocycles. The average molecular weight is 380 g/mol. The van der Waals surface area contributed by atoms with E-state index >= 15 is 0 Å². The second-order valence-corrected chi connectivity index (χ2v) is 6.93. The van der Waals surface area contributed by atoms with E-state index in [2.05, 4.69) is 0 Å². The van der Waals surface area contributed by atoms with Gasteiger partial charge in [-0.25, -0.2) is 4.39 Å². The van der Waals surface area contributed by atoms with Gasteiger partial charge in [-0.1, -0.05) is 30.3 Å². The first-order valence-electron chi connectivity index (χ1n) is 9.33. The number of hydrogen-bond donors (Lipinski definition) is 0. The first kappa shape index (κ1) is 18.2. The van der Waals surface area contributed by atoms with Gasteiger partial charge >= 0.3 is 0 Å². The molecule has 2 aliphatic heterocycles. The Hall–Kier alpha value is -3.15. The summed E-state index contributed by atoms with van der Waals surface area (Å²) in [4.78, 5) is 29.7. The Labute approximate surface area is 163 Å². The Bertz CT molecular complexity index is 947. The molecule has 0 saturated carbocycles. The molecule has 1 fully saturated rings. The molecule has 0 aliphatic carbocycles. The summed E-state index contributed by atoms with van der Waals surface area (Å²) in [6.07, 6.45) is 1.96. The topological polar surface area (TPSA) is 49.9 Å². The summed E-state index contributed by atoms with van der Waals surface area (Å²) in [5, 5.41) is 0. The van der Waals surface area contributed by atoms with Gasteiger partial charge in [0.05, 0.1) is 19.2 Å². The van der Waals surface area contributed by atoms with Gasteiger partial charge in [-0.15, -0.1) is 0 Å². The van der Waals surface area contributed by atoms with E-state index < -0.39 is 0 Å². The molecule has 4 rings (SSSR count). The van der Waals surface area contributed by atoms with E-state index in [1.165, 1.54) is 17.0 Å². The van der Waals surface area contributed by atoms with Crippen LogP contribution in [0.2, 0.25) is 0 Å². The Morgan fingerprint density at radius 3 is 2.32 bits per heavy atom. The maximum Gasteiger partial charge on any atom is 0.278 e. The van der Waals surface area contributed by atoms with Crippen LogP contribution in [0, 0.1) is 5.82 Å². The largest absolute Gasteiger partial charge is 0.496 e. The van der Waals surface area contributed by atoms with Crippen molar-refractivity contribution in [1.29, 1.82) is 0 Å². The molecule has 2 amide bonds. The number of likely N-dealkylation sites (tertiary alicyclic amines) is 1. The lowest BCUT2D eigenvalue weighted by atomic mass is 10.0. The number of amides is 2. The molecule has 0 atom stereocenters. The van der Waals surface area contributed by atoms with E-state index in [0.29, 0.717) is 22.6 Å². The van der Waals surface area contributed by atoms with Gasteiger partial charge in [-0.3, -0.25) is 14.5 Å². The molecular weight excluding hydrogens is 359 g/mol. The average Bonchev–Trinajstić information content (AvgIpc) is 3.31. The van der Waals surface area contributed by atoms with Crippen molar-refractivity contribution >= 4 is 17.4 Å². The van der Waals surface area contributed by atoms with Gasteiger partial charge in [0.2, 0.25) is 0 Å². The molecule has 2 aromatic rings. The molecule has 6 heteroatoms. The normalized spacial score (nSPS) is 17.1. The number of benzene rings is 2. The third-order valence-corrected chi connectivity index (χ3v) is 5.22. The summed E-state index contributed by atoms with van der Waals surface area (Å²) in [6, 6.07) is 13.1. The van der Waals surface area contributed by atoms with Gasteiger partial charge in [0, 0.05) is 18.7 Å². The number of rotatable bonds is 5. The molecule has 2 aliphatic rings. The third-order valence-electron chi connectivity index (χ3n) is 5.22. The van der Waals surface area contributed by atoms with Crippen molar-refractivity contribution in [3.63, 3.8) is 0 Å². The monoisotopic (exact) mass is 380 g/mol. The Morgan fingerprint density at radius 1 is 0.964 bits per heavy atom. The highest BCUT2D eigenvalue weighted by molar-refractivity contribution is 6.35. The summed E-state index contributed by atoms with van der Waals surface area (Å²) < 4.78 is 18.8. The van der Waals surface area contributed by atoms with Gasteiger partial charge in [0.25, 0.3) is 11.8 Å². The van der Waals surface area contributed by atoms with Crippen LogP contribution in [-0.4, -0.2) is 41.8 Å². The van der Waals surface area contributed by atoms with Crippen LogP contribution < -0.4 is 4.74 Å². The van der Waals surface area contributed by atoms with Crippen molar-refractivity contribution in [2.45, 2.75) is 19.4 Å². The van der Waals surface area contributed by atoms with E-state index in [1.807, 2.05) is 23.1 Å². The van der Waals surface area contributed by atoms with Gasteiger partial charge in [-0.05, 0) is 36.6 Å². The number of hydrogen-bond acceptors (Lipinski definition) is 4. The van der Waals surface area contributed by atoms with Crippen molar-refractivity contribution in [1.82, 2.24) is 9.80 Å². The van der Waals surface area contributed by atoms with Gasteiger partial charge in [-0.2, -0.15) is 0 Å². The van der Waals surface area contributed by atoms with E-state index in [-0.39, 0.29) is 24.2 Å². The number of methoxy groups -OCH3 is 1. The lowest BCUT2D eigenvalue weighted by Crippen LogP contribution is -2.34. The van der Waals surface area contributed by atoms with Gasteiger partial charge in [0.1, 0.15) is 17.3 Å². The first-order chi connectivity index (χ1) is 13.6. The molecule has 0 bridgehead atoms. The molecule has 5 nitrogen and oxygen atoms in total. The highest BCUT2D eigenvalue weighted by atomic mass is 19.1. The van der Waals surface area contributed by atoms with Crippen LogP contribution in [0.4, 0.5) is 4.39 Å². The Balaban J connectivity index is 1.74. The fourth-order valence-corrected chi connectivity index (χ4v) is 3.82. The van der Waals surface area contributed by atoms with E-state index in [9.17, 15) is 14.0 Å². The third kappa shape index (κ3) is 3.15. The van der Waals surface area contributed by atoms with E-state index in [0.717, 1.165) is 31.5 Å². The molecule has 1 saturated heterocycles. The first-order valence-corrected chi connectivity index (χ1v) is 9.33. The van der Waals surface area contributed by atoms with Crippen LogP contribution in [0.3, 0.4) is 0 Å². The summed E-state index contributed by atoms with van der Waals surface area (Å²) >= 11 is 0. The lowest BCUT2D eigenvalue weighted by molar-refractivity contribution is -0.138. The highest BCUT2D eigenvalue weighted by Crippen LogP contribution is 2.35. The molecule has 28 heavy (non-hydrogen) atoms. The number of halogens is 1. The van der Waals surface area contributed by atoms with E-state index in [4.69, 9.17) is 4.74 Å². The minimum atomic E-state index is -0.380. The fourth-order valence-electron chi connectivity index (χ4n) is 3.82. The van der Waals surface area contributed by atoms with Crippen molar-refractivity contribution < 1.29 is 18.7 Å². The minimum absolute atomic E-state index is 0.129. The SMILES string of the molecule is COc1ccccc1CN1C(=O)C(c2ccc(F)cc2)=C(N2CCCC2)C1=O. The maximum absolute atomic E-state index is 13.4. The molecule has 0 aromatic heterocycles. The molecule has 144 valence electrons. The van der Waals surface area contributed by atoms with Gasteiger partial charge < -0.3 is 9.64 Å². The molecule has 0 unspecified atom stereocenters. The van der Waals surface area contributed by atoms with Crippen LogP contribution in [0.5, 0.6) is 5.75 Å². The second-order valence-electron chi connectivity index (χ2n) is 6.93. The zero-order chi connectivity index (χ0) is 19.7. The molecular formula is C22H21FN2O3. The second kappa shape index (κ2) is 7.46. The van der Waals surface area contributed by atoms with E-state index in [1.54, 1.807) is 25.3 Å². The predicted octanol–water partition coefficient (Wildman–Crippen LogP) is 3.21. The maximum atomic E-state index is 13.4. The Kier molecular flexibility index (Phi) is 4.86. The summed E-state index contributed by atoms with van der Waals surface area (Å²) in [7, 11) is 1.56. The lowest BCUT2D eigenvalue weighted by Gasteiger charge is -2.20. The standard InChI is InChI=1S/C22H21FN2O3/c1-28-18-7-3-2-6-16(18)14-25-21(26)19(15-8-10-17(23)11-9-15)20(22(25)27)24-12-4-5-13-24/h2-3,6-11H,4-5,12-14H2,1H3. The number of imide groups is 1. The summed E-state index contributed by atoms with van der Waals surface area (Å²) in [5.41, 5.74) is 2.09. The van der Waals surface area contributed by atoms with Crippen molar-refractivity contribution in [3.05, 3.63) is 71.2 Å². The van der Waals surface area contributed by atoms with Crippen molar-refractivity contribution in [3.8, 4) is 5.75 Å². The van der Waals surface area contributed by atoms with Crippen LogP contribution >= 0.6 is 0 Å². The van der Waals surface area contributed by atoms with Crippen molar-refractivity contribution in [2.24, 2.45) is 0 Å². The Morgan fingerprint density at radius 2 is 1.64 bits per heavy atom. The number of ether oxygens (including phenoxy) is 1. The number of carbonyl (C=O) groups is 2. The zero-order valence-corrected chi connectivity index (χ0v) is 15.7. The fraction of sp³-hybridized carbons (Fsp3) is 0.273. The van der Waals surface area contributed by atoms with Crippen LogP contribution in [-0.2, 0) is 16.1 Å². The molecule has 0 spiro atoms. The van der Waals surface area contributed by atoms with Gasteiger partial charge in [0.15, 0.2) is 0 Å². The molecule has 0 N–H and O–H groups in total. The minimum Gasteiger partial charge on any atom is -0.496 e. The zero-order valence-electron chi connectivity index (χ0n) is 15.7. The van der Waals surface area contributed by atoms with Crippen molar-refractivity contribution in [2.75, 3.05) is 20.2 Å². The summed E-state index contributed by atoms with van der Waals surface area (Å²) in [6.45, 7) is 1.60. The van der Waals surface area contributed by atoms with Crippen LogP contribution in [0.15, 0.2) is 54.2 Å². The number of para-hydroxylation sites is 1. The highest BCUT2D eigenvalue weighted by Gasteiger charge is 2.42. The number of nitrogens with zero attached hydrogens (tertiary/aromatic N) is 2. The summed E-state index contributed by atoms with van der Waals surface area (Å²) in [5.74, 6) is -0.419. The number of carbonyl (C=O) groups excluding carboxylic acids is 2.